The van der Waals surface area contributed by atoms with E-state index in [-0.39, 0.29) is 11.3 Å². The monoisotopic (exact) mass is 200 g/mol. The van der Waals surface area contributed by atoms with Crippen LogP contribution in [-0.2, 0) is 9.63 Å². The number of hydrogen-bond acceptors (Lipinski definition) is 3. The molecule has 0 bridgehead atoms. The van der Waals surface area contributed by atoms with Gasteiger partial charge in [0.05, 0.1) is 12.5 Å². The highest BCUT2D eigenvalue weighted by atomic mass is 16.7. The van der Waals surface area contributed by atoms with Gasteiger partial charge in [-0.05, 0) is 32.4 Å². The highest BCUT2D eigenvalue weighted by Gasteiger charge is 2.39. The number of carbonyl (C=O) groups is 1. The minimum absolute atomic E-state index is 0.115. The Morgan fingerprint density at radius 3 is 2.50 bits per heavy atom. The molecule has 1 fully saturated rings. The third-order valence-electron chi connectivity index (χ3n) is 3.25. The van der Waals surface area contributed by atoms with Crippen molar-refractivity contribution in [2.45, 2.75) is 26.2 Å². The zero-order valence-electron chi connectivity index (χ0n) is 9.30. The van der Waals surface area contributed by atoms with Gasteiger partial charge in [-0.1, -0.05) is 6.92 Å². The first-order chi connectivity index (χ1) is 6.66. The third-order valence-corrected chi connectivity index (χ3v) is 3.25. The second-order valence-corrected chi connectivity index (χ2v) is 3.87. The lowest BCUT2D eigenvalue weighted by Gasteiger charge is -2.37. The molecule has 1 aliphatic heterocycles. The molecule has 82 valence electrons. The maximum atomic E-state index is 12.1. The Bertz CT molecular complexity index is 200. The van der Waals surface area contributed by atoms with Crippen LogP contribution in [0, 0.1) is 5.41 Å². The summed E-state index contributed by atoms with van der Waals surface area (Å²) in [6, 6.07) is 0. The molecule has 0 aromatic rings. The lowest BCUT2D eigenvalue weighted by atomic mass is 9.76. The van der Waals surface area contributed by atoms with Gasteiger partial charge in [-0.15, -0.1) is 0 Å². The predicted molar refractivity (Wildman–Crippen MR) is 54.6 cm³/mol. The van der Waals surface area contributed by atoms with Crippen molar-refractivity contribution in [3.63, 3.8) is 0 Å². The fraction of sp³-hybridized carbons (Fsp3) is 0.900. The van der Waals surface area contributed by atoms with Gasteiger partial charge in [0.2, 0.25) is 0 Å². The summed E-state index contributed by atoms with van der Waals surface area (Å²) < 4.78 is 0. The van der Waals surface area contributed by atoms with Crippen LogP contribution in [0.3, 0.4) is 0 Å². The lowest BCUT2D eigenvalue weighted by Crippen LogP contribution is -2.47. The summed E-state index contributed by atoms with van der Waals surface area (Å²) in [5, 5.41) is 4.63. The van der Waals surface area contributed by atoms with Crippen LogP contribution in [0.1, 0.15) is 26.2 Å². The van der Waals surface area contributed by atoms with Gasteiger partial charge < -0.3 is 5.32 Å². The SMILES string of the molecule is CCC1(C(=O)N(C)OC)CCNCC1. The summed E-state index contributed by atoms with van der Waals surface area (Å²) in [6.07, 6.45) is 2.72. The Morgan fingerprint density at radius 2 is 2.07 bits per heavy atom. The van der Waals surface area contributed by atoms with Gasteiger partial charge >= 0.3 is 0 Å². The van der Waals surface area contributed by atoms with Crippen LogP contribution in [0.15, 0.2) is 0 Å². The number of amides is 1. The first-order valence-corrected chi connectivity index (χ1v) is 5.19. The van der Waals surface area contributed by atoms with Gasteiger partial charge in [-0.2, -0.15) is 0 Å². The molecule has 4 heteroatoms. The van der Waals surface area contributed by atoms with Crippen LogP contribution in [0.2, 0.25) is 0 Å². The van der Waals surface area contributed by atoms with E-state index in [1.807, 2.05) is 0 Å². The van der Waals surface area contributed by atoms with Crippen LogP contribution in [-0.4, -0.2) is 38.2 Å². The molecular formula is C10H20N2O2. The van der Waals surface area contributed by atoms with Crippen molar-refractivity contribution in [3.05, 3.63) is 0 Å². The highest BCUT2D eigenvalue weighted by Crippen LogP contribution is 2.34. The van der Waals surface area contributed by atoms with E-state index in [1.54, 1.807) is 7.05 Å². The van der Waals surface area contributed by atoms with Crippen molar-refractivity contribution in [2.24, 2.45) is 5.41 Å². The summed E-state index contributed by atoms with van der Waals surface area (Å²) in [7, 11) is 3.21. The van der Waals surface area contributed by atoms with E-state index in [4.69, 9.17) is 4.84 Å². The molecule has 0 radical (unpaired) electrons. The summed E-state index contributed by atoms with van der Waals surface area (Å²) in [5.74, 6) is 0.115. The maximum absolute atomic E-state index is 12.1. The zero-order valence-corrected chi connectivity index (χ0v) is 9.30. The van der Waals surface area contributed by atoms with E-state index < -0.39 is 0 Å². The Hall–Kier alpha value is -0.610. The molecule has 0 aromatic carbocycles. The molecule has 1 amide bonds. The predicted octanol–water partition coefficient (Wildman–Crippen LogP) is 0.786. The van der Waals surface area contributed by atoms with Crippen molar-refractivity contribution < 1.29 is 9.63 Å². The number of rotatable bonds is 3. The standard InChI is InChI=1S/C10H20N2O2/c1-4-10(5-7-11-8-6-10)9(13)12(2)14-3/h11H,4-8H2,1-3H3. The van der Waals surface area contributed by atoms with E-state index >= 15 is 0 Å². The van der Waals surface area contributed by atoms with Crippen LogP contribution >= 0.6 is 0 Å². The van der Waals surface area contributed by atoms with Crippen LogP contribution in [0.25, 0.3) is 0 Å². The van der Waals surface area contributed by atoms with Crippen molar-refractivity contribution >= 4 is 5.91 Å². The summed E-state index contributed by atoms with van der Waals surface area (Å²) >= 11 is 0. The van der Waals surface area contributed by atoms with Crippen LogP contribution < -0.4 is 5.32 Å². The number of hydroxylamine groups is 2. The largest absolute Gasteiger partial charge is 0.317 e. The van der Waals surface area contributed by atoms with E-state index in [0.717, 1.165) is 32.4 Å². The molecule has 0 unspecified atom stereocenters. The molecule has 1 saturated heterocycles. The molecule has 14 heavy (non-hydrogen) atoms. The van der Waals surface area contributed by atoms with E-state index in [2.05, 4.69) is 12.2 Å². The van der Waals surface area contributed by atoms with Gasteiger partial charge in [0.15, 0.2) is 0 Å². The van der Waals surface area contributed by atoms with Gasteiger partial charge in [0, 0.05) is 7.05 Å². The quantitative estimate of drug-likeness (QED) is 0.685. The fourth-order valence-electron chi connectivity index (χ4n) is 2.04. The maximum Gasteiger partial charge on any atom is 0.252 e. The topological polar surface area (TPSA) is 41.6 Å². The van der Waals surface area contributed by atoms with Crippen molar-refractivity contribution in [2.75, 3.05) is 27.2 Å². The molecule has 0 aromatic heterocycles. The Kier molecular flexibility index (Phi) is 3.89. The second-order valence-electron chi connectivity index (χ2n) is 3.87. The molecule has 0 saturated carbocycles. The smallest absolute Gasteiger partial charge is 0.252 e. The first kappa shape index (κ1) is 11.5. The Balaban J connectivity index is 2.72. The van der Waals surface area contributed by atoms with E-state index in [0.29, 0.717) is 0 Å². The highest BCUT2D eigenvalue weighted by molar-refractivity contribution is 5.81. The van der Waals surface area contributed by atoms with Crippen LogP contribution in [0.5, 0.6) is 0 Å². The number of nitrogens with zero attached hydrogens (tertiary/aromatic N) is 1. The van der Waals surface area contributed by atoms with Gasteiger partial charge in [-0.25, -0.2) is 5.06 Å². The van der Waals surface area contributed by atoms with E-state index in [1.165, 1.54) is 12.2 Å². The molecule has 1 heterocycles. The molecule has 1 rings (SSSR count). The molecule has 0 spiro atoms. The minimum Gasteiger partial charge on any atom is -0.317 e. The molecule has 0 aliphatic carbocycles. The van der Waals surface area contributed by atoms with E-state index in [9.17, 15) is 4.79 Å². The Morgan fingerprint density at radius 1 is 1.50 bits per heavy atom. The van der Waals surface area contributed by atoms with Crippen molar-refractivity contribution in [3.8, 4) is 0 Å². The summed E-state index contributed by atoms with van der Waals surface area (Å²) in [5.41, 5.74) is -0.198. The van der Waals surface area contributed by atoms with Crippen LogP contribution in [0.4, 0.5) is 0 Å². The Labute approximate surface area is 85.6 Å². The molecule has 4 nitrogen and oxygen atoms in total. The first-order valence-electron chi connectivity index (χ1n) is 5.19. The molecule has 0 atom stereocenters. The summed E-state index contributed by atoms with van der Waals surface area (Å²) in [6.45, 7) is 3.93. The summed E-state index contributed by atoms with van der Waals surface area (Å²) in [4.78, 5) is 17.0. The van der Waals surface area contributed by atoms with Crippen molar-refractivity contribution in [1.82, 2.24) is 10.4 Å². The number of nitrogens with one attached hydrogen (secondary N) is 1. The minimum atomic E-state index is -0.198. The number of carbonyl (C=O) groups excluding carboxylic acids is 1. The molecule has 1 N–H and O–H groups in total. The second kappa shape index (κ2) is 4.75. The number of hydrogen-bond donors (Lipinski definition) is 1. The molecular weight excluding hydrogens is 180 g/mol. The van der Waals surface area contributed by atoms with Gasteiger partial charge in [0.25, 0.3) is 5.91 Å². The fourth-order valence-corrected chi connectivity index (χ4v) is 2.04. The number of piperidine rings is 1. The van der Waals surface area contributed by atoms with Gasteiger partial charge in [0.1, 0.15) is 0 Å². The molecule has 1 aliphatic rings. The lowest BCUT2D eigenvalue weighted by molar-refractivity contribution is -0.182. The van der Waals surface area contributed by atoms with Crippen molar-refractivity contribution in [1.29, 1.82) is 0 Å². The average molecular weight is 200 g/mol. The van der Waals surface area contributed by atoms with Gasteiger partial charge in [-0.3, -0.25) is 9.63 Å². The third kappa shape index (κ3) is 2.07. The average Bonchev–Trinajstić information content (AvgIpc) is 2.28. The normalized spacial score (nSPS) is 20.5. The zero-order chi connectivity index (χ0) is 10.6.